The lowest BCUT2D eigenvalue weighted by molar-refractivity contribution is -0.117. The molecule has 0 radical (unpaired) electrons. The molecular formula is C16H17NO2. The summed E-state index contributed by atoms with van der Waals surface area (Å²) in [6, 6.07) is 17.8. The van der Waals surface area contributed by atoms with Crippen LogP contribution in [0.15, 0.2) is 54.6 Å². The van der Waals surface area contributed by atoms with Gasteiger partial charge in [-0.15, -0.1) is 0 Å². The quantitative estimate of drug-likeness (QED) is 0.862. The van der Waals surface area contributed by atoms with Gasteiger partial charge in [0.05, 0.1) is 0 Å². The van der Waals surface area contributed by atoms with E-state index in [4.69, 9.17) is 10.5 Å². The fourth-order valence-corrected chi connectivity index (χ4v) is 1.76. The topological polar surface area (TPSA) is 52.3 Å². The van der Waals surface area contributed by atoms with Crippen LogP contribution in [0.3, 0.4) is 0 Å². The summed E-state index contributed by atoms with van der Waals surface area (Å²) < 4.78 is 5.68. The number of ether oxygens (including phenoxy) is 1. The van der Waals surface area contributed by atoms with Crippen LogP contribution in [-0.2, 0) is 17.8 Å². The molecule has 0 spiro atoms. The van der Waals surface area contributed by atoms with Crippen LogP contribution in [0.1, 0.15) is 17.5 Å². The SMILES string of the molecule is NC(=O)CCc1ccc(OCc2ccccc2)cc1. The van der Waals surface area contributed by atoms with Crippen molar-refractivity contribution in [1.29, 1.82) is 0 Å². The van der Waals surface area contributed by atoms with Gasteiger partial charge < -0.3 is 10.5 Å². The van der Waals surface area contributed by atoms with E-state index in [1.165, 1.54) is 0 Å². The number of amides is 1. The van der Waals surface area contributed by atoms with Crippen molar-refractivity contribution >= 4 is 5.91 Å². The summed E-state index contributed by atoms with van der Waals surface area (Å²) in [5.74, 6) is 0.552. The fraction of sp³-hybridized carbons (Fsp3) is 0.188. The van der Waals surface area contributed by atoms with Crippen LogP contribution in [-0.4, -0.2) is 5.91 Å². The van der Waals surface area contributed by atoms with Crippen molar-refractivity contribution in [2.75, 3.05) is 0 Å². The van der Waals surface area contributed by atoms with Crippen LogP contribution < -0.4 is 10.5 Å². The average molecular weight is 255 g/mol. The van der Waals surface area contributed by atoms with Gasteiger partial charge in [0.2, 0.25) is 5.91 Å². The highest BCUT2D eigenvalue weighted by atomic mass is 16.5. The van der Waals surface area contributed by atoms with E-state index in [1.54, 1.807) is 0 Å². The number of hydrogen-bond acceptors (Lipinski definition) is 2. The summed E-state index contributed by atoms with van der Waals surface area (Å²) in [5.41, 5.74) is 7.35. The minimum atomic E-state index is -0.274. The van der Waals surface area contributed by atoms with Crippen molar-refractivity contribution in [3.8, 4) is 5.75 Å². The number of aryl methyl sites for hydroxylation is 1. The Morgan fingerprint density at radius 2 is 1.63 bits per heavy atom. The Hall–Kier alpha value is -2.29. The zero-order chi connectivity index (χ0) is 13.5. The number of rotatable bonds is 6. The van der Waals surface area contributed by atoms with Crippen molar-refractivity contribution in [2.24, 2.45) is 5.73 Å². The Morgan fingerprint density at radius 1 is 0.947 bits per heavy atom. The second kappa shape index (κ2) is 6.59. The first kappa shape index (κ1) is 13.1. The summed E-state index contributed by atoms with van der Waals surface area (Å²) in [5, 5.41) is 0. The van der Waals surface area contributed by atoms with E-state index >= 15 is 0 Å². The second-order valence-corrected chi connectivity index (χ2v) is 4.38. The van der Waals surface area contributed by atoms with Crippen molar-refractivity contribution in [1.82, 2.24) is 0 Å². The van der Waals surface area contributed by atoms with Crippen molar-refractivity contribution < 1.29 is 9.53 Å². The van der Waals surface area contributed by atoms with Gasteiger partial charge in [0, 0.05) is 6.42 Å². The van der Waals surface area contributed by atoms with Crippen molar-refractivity contribution in [3.63, 3.8) is 0 Å². The molecule has 2 N–H and O–H groups in total. The molecular weight excluding hydrogens is 238 g/mol. The van der Waals surface area contributed by atoms with E-state index in [2.05, 4.69) is 0 Å². The Balaban J connectivity index is 1.86. The van der Waals surface area contributed by atoms with Gasteiger partial charge in [0.1, 0.15) is 12.4 Å². The van der Waals surface area contributed by atoms with Gasteiger partial charge in [-0.25, -0.2) is 0 Å². The molecule has 0 atom stereocenters. The molecule has 0 aliphatic rings. The van der Waals surface area contributed by atoms with E-state index in [9.17, 15) is 4.79 Å². The van der Waals surface area contributed by atoms with Crippen LogP contribution in [0, 0.1) is 0 Å². The minimum absolute atomic E-state index is 0.274. The second-order valence-electron chi connectivity index (χ2n) is 4.38. The molecule has 19 heavy (non-hydrogen) atoms. The number of carbonyl (C=O) groups is 1. The molecule has 3 heteroatoms. The third kappa shape index (κ3) is 4.47. The number of primary amides is 1. The van der Waals surface area contributed by atoms with E-state index in [0.717, 1.165) is 16.9 Å². The van der Waals surface area contributed by atoms with Crippen LogP contribution >= 0.6 is 0 Å². The number of nitrogens with two attached hydrogens (primary N) is 1. The van der Waals surface area contributed by atoms with E-state index in [0.29, 0.717) is 19.4 Å². The monoisotopic (exact) mass is 255 g/mol. The summed E-state index contributed by atoms with van der Waals surface area (Å²) in [6.45, 7) is 0.557. The number of hydrogen-bond donors (Lipinski definition) is 1. The Labute approximate surface area is 113 Å². The first-order chi connectivity index (χ1) is 9.24. The van der Waals surface area contributed by atoms with Crippen LogP contribution in [0.25, 0.3) is 0 Å². The molecule has 3 nitrogen and oxygen atoms in total. The van der Waals surface area contributed by atoms with Gasteiger partial charge in [0.15, 0.2) is 0 Å². The zero-order valence-electron chi connectivity index (χ0n) is 10.7. The molecule has 1 amide bonds. The molecule has 0 saturated heterocycles. The number of carbonyl (C=O) groups excluding carboxylic acids is 1. The third-order valence-electron chi connectivity index (χ3n) is 2.83. The molecule has 0 fully saturated rings. The van der Waals surface area contributed by atoms with Gasteiger partial charge in [-0.05, 0) is 29.7 Å². The van der Waals surface area contributed by atoms with Crippen LogP contribution in [0.4, 0.5) is 0 Å². The fourth-order valence-electron chi connectivity index (χ4n) is 1.76. The van der Waals surface area contributed by atoms with Crippen molar-refractivity contribution in [3.05, 3.63) is 65.7 Å². The number of benzene rings is 2. The predicted octanol–water partition coefficient (Wildman–Crippen LogP) is 2.68. The molecule has 0 aliphatic carbocycles. The van der Waals surface area contributed by atoms with E-state index in [-0.39, 0.29) is 5.91 Å². The lowest BCUT2D eigenvalue weighted by atomic mass is 10.1. The van der Waals surface area contributed by atoms with Gasteiger partial charge in [-0.2, -0.15) is 0 Å². The van der Waals surface area contributed by atoms with E-state index < -0.39 is 0 Å². The summed E-state index contributed by atoms with van der Waals surface area (Å²) in [6.07, 6.45) is 1.05. The first-order valence-electron chi connectivity index (χ1n) is 6.28. The summed E-state index contributed by atoms with van der Waals surface area (Å²) in [7, 11) is 0. The smallest absolute Gasteiger partial charge is 0.217 e. The maximum Gasteiger partial charge on any atom is 0.217 e. The van der Waals surface area contributed by atoms with Gasteiger partial charge >= 0.3 is 0 Å². The van der Waals surface area contributed by atoms with Crippen LogP contribution in [0.5, 0.6) is 5.75 Å². The Kier molecular flexibility index (Phi) is 4.56. The molecule has 0 heterocycles. The highest BCUT2D eigenvalue weighted by Crippen LogP contribution is 2.15. The zero-order valence-corrected chi connectivity index (χ0v) is 10.7. The van der Waals surface area contributed by atoms with E-state index in [1.807, 2.05) is 54.6 Å². The molecule has 2 rings (SSSR count). The molecule has 0 aliphatic heterocycles. The van der Waals surface area contributed by atoms with Crippen LogP contribution in [0.2, 0.25) is 0 Å². The highest BCUT2D eigenvalue weighted by Gasteiger charge is 1.99. The molecule has 2 aromatic carbocycles. The molecule has 98 valence electrons. The third-order valence-corrected chi connectivity index (χ3v) is 2.83. The molecule has 0 unspecified atom stereocenters. The highest BCUT2D eigenvalue weighted by molar-refractivity contribution is 5.74. The lowest BCUT2D eigenvalue weighted by Crippen LogP contribution is -2.11. The van der Waals surface area contributed by atoms with Gasteiger partial charge in [-0.1, -0.05) is 42.5 Å². The van der Waals surface area contributed by atoms with Gasteiger partial charge in [0.25, 0.3) is 0 Å². The summed E-state index contributed by atoms with van der Waals surface area (Å²) in [4.78, 5) is 10.7. The molecule has 0 aromatic heterocycles. The standard InChI is InChI=1S/C16H17NO2/c17-16(18)11-8-13-6-9-15(10-7-13)19-12-14-4-2-1-3-5-14/h1-7,9-10H,8,11-12H2,(H2,17,18). The lowest BCUT2D eigenvalue weighted by Gasteiger charge is -2.07. The molecule has 2 aromatic rings. The normalized spacial score (nSPS) is 10.1. The Bertz CT molecular complexity index is 520. The average Bonchev–Trinajstić information content (AvgIpc) is 2.45. The largest absolute Gasteiger partial charge is 0.489 e. The predicted molar refractivity (Wildman–Crippen MR) is 74.7 cm³/mol. The minimum Gasteiger partial charge on any atom is -0.489 e. The van der Waals surface area contributed by atoms with Crippen molar-refractivity contribution in [2.45, 2.75) is 19.4 Å². The maximum absolute atomic E-state index is 10.7. The maximum atomic E-state index is 10.7. The van der Waals surface area contributed by atoms with Gasteiger partial charge in [-0.3, -0.25) is 4.79 Å². The summed E-state index contributed by atoms with van der Waals surface area (Å²) >= 11 is 0. The molecule has 0 bridgehead atoms. The molecule has 0 saturated carbocycles. The Morgan fingerprint density at radius 3 is 2.26 bits per heavy atom. The first-order valence-corrected chi connectivity index (χ1v) is 6.28.